The van der Waals surface area contributed by atoms with Gasteiger partial charge in [-0.15, -0.1) is 0 Å². The van der Waals surface area contributed by atoms with Crippen LogP contribution in [0.2, 0.25) is 0 Å². The highest BCUT2D eigenvalue weighted by atomic mass is 79.9. The summed E-state index contributed by atoms with van der Waals surface area (Å²) < 4.78 is 37.3. The molecule has 0 saturated heterocycles. The molecule has 1 N–H and O–H groups in total. The Balaban J connectivity index is 1.86. The fourth-order valence-electron chi connectivity index (χ4n) is 5.68. The van der Waals surface area contributed by atoms with Crippen LogP contribution in [0.1, 0.15) is 27.7 Å². The van der Waals surface area contributed by atoms with Crippen LogP contribution in [0.3, 0.4) is 0 Å². The summed E-state index contributed by atoms with van der Waals surface area (Å²) in [5.74, 6) is 2.34. The zero-order valence-corrected chi connectivity index (χ0v) is 27.0. The molecule has 3 aromatic carbocycles. The third-order valence-corrected chi connectivity index (χ3v) is 8.05. The molecule has 0 aliphatic rings. The summed E-state index contributed by atoms with van der Waals surface area (Å²) in [6.07, 6.45) is 1.64. The Labute approximate surface area is 261 Å². The third kappa shape index (κ3) is 4.73. The Morgan fingerprint density at radius 3 is 2.00 bits per heavy atom. The lowest BCUT2D eigenvalue weighted by atomic mass is 9.97. The number of aromatic nitrogens is 1. The molecule has 0 unspecified atom stereocenters. The molecule has 10 heteroatoms. The van der Waals surface area contributed by atoms with Crippen molar-refractivity contribution >= 4 is 54.1 Å². The number of phenolic OH excluding ortho intramolecular Hbond substituents is 1. The molecule has 0 bridgehead atoms. The molecule has 44 heavy (non-hydrogen) atoms. The van der Waals surface area contributed by atoms with E-state index in [0.717, 1.165) is 10.8 Å². The van der Waals surface area contributed by atoms with Crippen LogP contribution in [0.4, 0.5) is 0 Å². The summed E-state index contributed by atoms with van der Waals surface area (Å²) in [4.78, 5) is 13.8. The maximum Gasteiger partial charge on any atom is 0.361 e. The van der Waals surface area contributed by atoms with Crippen molar-refractivity contribution in [2.24, 2.45) is 0 Å². The molecule has 0 aliphatic carbocycles. The highest BCUT2D eigenvalue weighted by molar-refractivity contribution is 9.10. The highest BCUT2D eigenvalue weighted by Crippen LogP contribution is 2.48. The normalized spacial score (nSPS) is 11.8. The minimum absolute atomic E-state index is 0.0545. The average Bonchev–Trinajstić information content (AvgIpc) is 3.33. The van der Waals surface area contributed by atoms with Gasteiger partial charge in [-0.05, 0) is 69.5 Å². The third-order valence-electron chi connectivity index (χ3n) is 7.39. The van der Waals surface area contributed by atoms with E-state index >= 15 is 0 Å². The van der Waals surface area contributed by atoms with Gasteiger partial charge in [-0.3, -0.25) is 0 Å². The van der Waals surface area contributed by atoms with Gasteiger partial charge in [-0.25, -0.2) is 4.79 Å². The van der Waals surface area contributed by atoms with E-state index in [-0.39, 0.29) is 18.0 Å². The number of aromatic hydroxyl groups is 1. The Bertz CT molecular complexity index is 2140. The summed E-state index contributed by atoms with van der Waals surface area (Å²) >= 11 is 3.70. The van der Waals surface area contributed by atoms with Gasteiger partial charge in [0.05, 0.1) is 39.1 Å². The summed E-state index contributed by atoms with van der Waals surface area (Å²) in [5, 5.41) is 13.9. The molecular weight excluding hydrogens is 630 g/mol. The van der Waals surface area contributed by atoms with Crippen LogP contribution in [-0.4, -0.2) is 43.0 Å². The van der Waals surface area contributed by atoms with Crippen LogP contribution >= 0.6 is 15.9 Å². The SMILES string of the molecule is COc1cc(Br)c(-c2c3c4cc(OC)c(OC(C)C)cc4oc(=O)c3n3ccc4cc(OC(C)C)c(OC)cc4c23)cc1O. The van der Waals surface area contributed by atoms with Crippen LogP contribution < -0.4 is 29.3 Å². The lowest BCUT2D eigenvalue weighted by molar-refractivity contribution is 0.230. The van der Waals surface area contributed by atoms with Gasteiger partial charge in [0.1, 0.15) is 11.1 Å². The van der Waals surface area contributed by atoms with Crippen molar-refractivity contribution in [1.29, 1.82) is 0 Å². The number of hydrogen-bond acceptors (Lipinski definition) is 8. The maximum absolute atomic E-state index is 13.8. The first-order valence-corrected chi connectivity index (χ1v) is 14.9. The van der Waals surface area contributed by atoms with Crippen molar-refractivity contribution in [2.45, 2.75) is 39.9 Å². The second-order valence-electron chi connectivity index (χ2n) is 10.9. The van der Waals surface area contributed by atoms with Crippen LogP contribution in [0, 0.1) is 0 Å². The Morgan fingerprint density at radius 1 is 0.773 bits per heavy atom. The zero-order valence-electron chi connectivity index (χ0n) is 25.4. The van der Waals surface area contributed by atoms with E-state index in [1.807, 2.05) is 62.6 Å². The number of phenols is 1. The lowest BCUT2D eigenvalue weighted by Gasteiger charge is -2.16. The van der Waals surface area contributed by atoms with Gasteiger partial charge in [0, 0.05) is 44.0 Å². The smallest absolute Gasteiger partial charge is 0.361 e. The Morgan fingerprint density at radius 2 is 1.39 bits per heavy atom. The van der Waals surface area contributed by atoms with Gasteiger partial charge in [-0.1, -0.05) is 15.9 Å². The molecular formula is C34H32BrNO8. The second-order valence-corrected chi connectivity index (χ2v) is 11.8. The molecule has 0 saturated carbocycles. The number of pyridine rings is 1. The molecule has 0 spiro atoms. The lowest BCUT2D eigenvalue weighted by Crippen LogP contribution is -2.07. The predicted molar refractivity (Wildman–Crippen MR) is 174 cm³/mol. The van der Waals surface area contributed by atoms with Gasteiger partial charge in [-0.2, -0.15) is 0 Å². The molecule has 6 aromatic rings. The summed E-state index contributed by atoms with van der Waals surface area (Å²) in [6.45, 7) is 7.72. The first-order valence-electron chi connectivity index (χ1n) is 14.1. The number of nitrogens with zero attached hydrogens (tertiary/aromatic N) is 1. The van der Waals surface area contributed by atoms with E-state index in [0.29, 0.717) is 71.7 Å². The second kappa shape index (κ2) is 11.2. The quantitative estimate of drug-likeness (QED) is 0.163. The molecule has 0 radical (unpaired) electrons. The Kier molecular flexibility index (Phi) is 7.49. The number of halogens is 1. The molecule has 3 aromatic heterocycles. The van der Waals surface area contributed by atoms with Gasteiger partial charge in [0.25, 0.3) is 0 Å². The van der Waals surface area contributed by atoms with Crippen molar-refractivity contribution < 1.29 is 33.2 Å². The first kappa shape index (κ1) is 29.5. The van der Waals surface area contributed by atoms with Gasteiger partial charge < -0.3 is 37.6 Å². The van der Waals surface area contributed by atoms with E-state index in [9.17, 15) is 9.90 Å². The average molecular weight is 663 g/mol. The minimum Gasteiger partial charge on any atom is -0.504 e. The fraction of sp³-hybridized carbons (Fsp3) is 0.265. The van der Waals surface area contributed by atoms with Crippen LogP contribution in [-0.2, 0) is 0 Å². The standard InChI is InChI=1S/C34H32BrNO8/c1-16(2)42-28-10-18-8-9-36-32(19(18)12-26(28)40-6)30(20-11-23(37)25(39-5)14-22(20)35)31-21-13-27(41-7)29(43-17(3)4)15-24(21)44-34(38)33(31)36/h8-17,37H,1-7H3. The largest absolute Gasteiger partial charge is 0.504 e. The van der Waals surface area contributed by atoms with E-state index in [1.165, 1.54) is 7.11 Å². The van der Waals surface area contributed by atoms with Gasteiger partial charge >= 0.3 is 5.63 Å². The fourth-order valence-corrected chi connectivity index (χ4v) is 6.20. The van der Waals surface area contributed by atoms with Crippen LogP contribution in [0.25, 0.3) is 49.3 Å². The van der Waals surface area contributed by atoms with Crippen molar-refractivity contribution in [3.05, 3.63) is 63.6 Å². The monoisotopic (exact) mass is 661 g/mol. The maximum atomic E-state index is 13.8. The van der Waals surface area contributed by atoms with Crippen molar-refractivity contribution in [3.8, 4) is 45.6 Å². The van der Waals surface area contributed by atoms with E-state index < -0.39 is 5.63 Å². The van der Waals surface area contributed by atoms with Crippen LogP contribution in [0.15, 0.2) is 62.3 Å². The van der Waals surface area contributed by atoms with Crippen molar-refractivity contribution in [3.63, 3.8) is 0 Å². The number of ether oxygens (including phenoxy) is 5. The van der Waals surface area contributed by atoms with Gasteiger partial charge in [0.15, 0.2) is 34.5 Å². The molecule has 0 atom stereocenters. The number of fused-ring (bicyclic) bond motifs is 7. The van der Waals surface area contributed by atoms with Crippen LogP contribution in [0.5, 0.6) is 34.5 Å². The van der Waals surface area contributed by atoms with E-state index in [4.69, 9.17) is 28.1 Å². The van der Waals surface area contributed by atoms with E-state index in [2.05, 4.69) is 15.9 Å². The number of hydrogen-bond donors (Lipinski definition) is 1. The zero-order chi connectivity index (χ0) is 31.4. The van der Waals surface area contributed by atoms with Crippen molar-refractivity contribution in [2.75, 3.05) is 21.3 Å². The first-order chi connectivity index (χ1) is 21.1. The Hall–Kier alpha value is -4.57. The number of methoxy groups -OCH3 is 3. The summed E-state index contributed by atoms with van der Waals surface area (Å²) in [7, 11) is 4.65. The molecule has 9 nitrogen and oxygen atoms in total. The molecule has 228 valence electrons. The highest BCUT2D eigenvalue weighted by Gasteiger charge is 2.26. The van der Waals surface area contributed by atoms with Gasteiger partial charge in [0.2, 0.25) is 0 Å². The molecule has 0 amide bonds. The summed E-state index contributed by atoms with van der Waals surface area (Å²) in [5.41, 5.74) is 2.16. The molecule has 6 rings (SSSR count). The number of rotatable bonds is 8. The predicted octanol–water partition coefficient (Wildman–Crippen LogP) is 8.09. The van der Waals surface area contributed by atoms with Crippen molar-refractivity contribution in [1.82, 2.24) is 4.40 Å². The summed E-state index contributed by atoms with van der Waals surface area (Å²) in [6, 6.07) is 12.6. The molecule has 3 heterocycles. The molecule has 0 aliphatic heterocycles. The molecule has 0 fully saturated rings. The number of benzene rings is 3. The van der Waals surface area contributed by atoms with E-state index in [1.54, 1.807) is 32.4 Å². The topological polar surface area (TPSA) is 101 Å². The minimum atomic E-state index is -0.533.